The number of hydrogen-bond acceptors (Lipinski definition) is 5. The number of nitrogens with one attached hydrogen (secondary N) is 2. The van der Waals surface area contributed by atoms with E-state index in [0.29, 0.717) is 22.9 Å². The first-order chi connectivity index (χ1) is 14.8. The summed E-state index contributed by atoms with van der Waals surface area (Å²) in [5.74, 6) is -0.260. The maximum atomic E-state index is 13.2. The monoisotopic (exact) mass is 464 g/mol. The number of amides is 1. The van der Waals surface area contributed by atoms with Crippen LogP contribution in [-0.2, 0) is 14.8 Å². The molecule has 3 aromatic carbocycles. The molecule has 0 heterocycles. The van der Waals surface area contributed by atoms with Crippen molar-refractivity contribution >= 4 is 38.9 Å². The summed E-state index contributed by atoms with van der Waals surface area (Å²) in [5.41, 5.74) is 0.683. The average molecular weight is 465 g/mol. The van der Waals surface area contributed by atoms with Gasteiger partial charge < -0.3 is 14.8 Å². The quantitative estimate of drug-likeness (QED) is 0.518. The Balaban J connectivity index is 1.58. The number of benzene rings is 3. The normalized spacial score (nSPS) is 10.9. The molecule has 2 N–H and O–H groups in total. The smallest absolute Gasteiger partial charge is 0.262 e. The van der Waals surface area contributed by atoms with E-state index < -0.39 is 21.7 Å². The van der Waals surface area contributed by atoms with Gasteiger partial charge in [-0.2, -0.15) is 0 Å². The molecule has 0 radical (unpaired) electrons. The van der Waals surface area contributed by atoms with Crippen LogP contribution in [0.2, 0.25) is 5.02 Å². The second-order valence-corrected chi connectivity index (χ2v) is 8.36. The maximum absolute atomic E-state index is 13.2. The molecule has 162 valence electrons. The minimum atomic E-state index is -3.82. The van der Waals surface area contributed by atoms with Gasteiger partial charge in [0.25, 0.3) is 15.9 Å². The number of carbonyl (C=O) groups excluding carboxylic acids is 1. The number of ether oxygens (including phenoxy) is 2. The lowest BCUT2D eigenvalue weighted by Crippen LogP contribution is -2.20. The van der Waals surface area contributed by atoms with Crippen LogP contribution in [0.4, 0.5) is 15.8 Å². The number of halogens is 2. The number of hydrogen-bond donors (Lipinski definition) is 2. The third kappa shape index (κ3) is 6.09. The molecule has 10 heteroatoms. The van der Waals surface area contributed by atoms with Crippen molar-refractivity contribution in [2.45, 2.75) is 4.90 Å². The molecule has 0 aromatic heterocycles. The van der Waals surface area contributed by atoms with Gasteiger partial charge in [-0.1, -0.05) is 17.7 Å². The van der Waals surface area contributed by atoms with E-state index in [2.05, 4.69) is 10.0 Å². The molecule has 31 heavy (non-hydrogen) atoms. The fraction of sp³-hybridized carbons (Fsp3) is 0.0952. The molecule has 0 atom stereocenters. The van der Waals surface area contributed by atoms with Crippen LogP contribution in [0.1, 0.15) is 0 Å². The van der Waals surface area contributed by atoms with Crippen molar-refractivity contribution in [1.82, 2.24) is 0 Å². The zero-order chi connectivity index (χ0) is 22.4. The summed E-state index contributed by atoms with van der Waals surface area (Å²) in [5, 5.41) is 2.41. The minimum absolute atomic E-state index is 0.0214. The highest BCUT2D eigenvalue weighted by Gasteiger charge is 2.15. The lowest BCUT2D eigenvalue weighted by Gasteiger charge is -2.11. The van der Waals surface area contributed by atoms with E-state index in [0.717, 1.165) is 6.07 Å². The van der Waals surface area contributed by atoms with Crippen molar-refractivity contribution in [2.75, 3.05) is 23.8 Å². The Kier molecular flexibility index (Phi) is 6.98. The first-order valence-corrected chi connectivity index (χ1v) is 10.8. The second kappa shape index (κ2) is 9.67. The summed E-state index contributed by atoms with van der Waals surface area (Å²) < 4.78 is 51.1. The summed E-state index contributed by atoms with van der Waals surface area (Å²) >= 11 is 5.67. The lowest BCUT2D eigenvalue weighted by molar-refractivity contribution is -0.118. The van der Waals surface area contributed by atoms with Crippen LogP contribution in [0.25, 0.3) is 0 Å². The zero-order valence-electron chi connectivity index (χ0n) is 16.3. The number of sulfonamides is 1. The fourth-order valence-corrected chi connectivity index (χ4v) is 3.77. The molecule has 3 aromatic rings. The second-order valence-electron chi connectivity index (χ2n) is 6.27. The SMILES string of the molecule is COc1cccc(NS(=O)(=O)c2ccc(OCC(=O)Nc3ccc(F)c(Cl)c3)cc2)c1. The van der Waals surface area contributed by atoms with E-state index in [1.165, 1.54) is 43.5 Å². The van der Waals surface area contributed by atoms with Crippen molar-refractivity contribution in [3.05, 3.63) is 77.6 Å². The molecule has 0 spiro atoms. The standard InChI is InChI=1S/C21H18ClFN2O5S/c1-29-17-4-2-3-15(11-17)25-31(27,28)18-8-6-16(7-9-18)30-13-21(26)24-14-5-10-20(23)19(22)12-14/h2-12,25H,13H2,1H3,(H,24,26). The number of rotatable bonds is 8. The predicted molar refractivity (Wildman–Crippen MR) is 116 cm³/mol. The summed E-state index contributed by atoms with van der Waals surface area (Å²) in [6, 6.07) is 15.9. The summed E-state index contributed by atoms with van der Waals surface area (Å²) in [6.45, 7) is -0.330. The maximum Gasteiger partial charge on any atom is 0.262 e. The Morgan fingerprint density at radius 1 is 1.00 bits per heavy atom. The molecule has 1 amide bonds. The highest BCUT2D eigenvalue weighted by Crippen LogP contribution is 2.22. The largest absolute Gasteiger partial charge is 0.497 e. The first-order valence-electron chi connectivity index (χ1n) is 8.91. The van der Waals surface area contributed by atoms with Gasteiger partial charge in [-0.3, -0.25) is 9.52 Å². The topological polar surface area (TPSA) is 93.7 Å². The summed E-state index contributed by atoms with van der Waals surface area (Å²) in [4.78, 5) is 12.0. The minimum Gasteiger partial charge on any atom is -0.497 e. The van der Waals surface area contributed by atoms with E-state index in [-0.39, 0.29) is 16.5 Å². The average Bonchev–Trinajstić information content (AvgIpc) is 2.75. The van der Waals surface area contributed by atoms with Gasteiger partial charge in [0.05, 0.1) is 22.7 Å². The van der Waals surface area contributed by atoms with Crippen LogP contribution in [0.15, 0.2) is 71.6 Å². The van der Waals surface area contributed by atoms with E-state index in [9.17, 15) is 17.6 Å². The third-order valence-corrected chi connectivity index (χ3v) is 5.72. The first kappa shape index (κ1) is 22.4. The van der Waals surface area contributed by atoms with Crippen LogP contribution in [-0.4, -0.2) is 28.0 Å². The Morgan fingerprint density at radius 2 is 1.74 bits per heavy atom. The van der Waals surface area contributed by atoms with Crippen molar-refractivity contribution < 1.29 is 27.1 Å². The molecule has 0 fully saturated rings. The molecule has 0 aliphatic heterocycles. The molecule has 0 aliphatic rings. The van der Waals surface area contributed by atoms with Gasteiger partial charge in [0, 0.05) is 11.8 Å². The van der Waals surface area contributed by atoms with E-state index in [4.69, 9.17) is 21.1 Å². The molecule has 7 nitrogen and oxygen atoms in total. The fourth-order valence-electron chi connectivity index (χ4n) is 2.54. The van der Waals surface area contributed by atoms with Gasteiger partial charge >= 0.3 is 0 Å². The number of methoxy groups -OCH3 is 1. The van der Waals surface area contributed by atoms with Gasteiger partial charge in [0.1, 0.15) is 17.3 Å². The lowest BCUT2D eigenvalue weighted by atomic mass is 10.3. The highest BCUT2D eigenvalue weighted by molar-refractivity contribution is 7.92. The zero-order valence-corrected chi connectivity index (χ0v) is 17.8. The van der Waals surface area contributed by atoms with Crippen molar-refractivity contribution in [1.29, 1.82) is 0 Å². The molecule has 0 saturated heterocycles. The van der Waals surface area contributed by atoms with Gasteiger partial charge in [0.2, 0.25) is 0 Å². The van der Waals surface area contributed by atoms with Gasteiger partial charge in [0.15, 0.2) is 6.61 Å². The Bertz CT molecular complexity index is 1190. The molecule has 0 unspecified atom stereocenters. The Morgan fingerprint density at radius 3 is 2.42 bits per heavy atom. The highest BCUT2D eigenvalue weighted by atomic mass is 35.5. The number of carbonyl (C=O) groups is 1. The van der Waals surface area contributed by atoms with Crippen molar-refractivity contribution in [3.63, 3.8) is 0 Å². The molecule has 0 bridgehead atoms. The van der Waals surface area contributed by atoms with Gasteiger partial charge in [-0.15, -0.1) is 0 Å². The Labute approximate surface area is 183 Å². The van der Waals surface area contributed by atoms with Crippen LogP contribution in [0.5, 0.6) is 11.5 Å². The van der Waals surface area contributed by atoms with Crippen molar-refractivity contribution in [3.8, 4) is 11.5 Å². The van der Waals surface area contributed by atoms with Crippen LogP contribution < -0.4 is 19.5 Å². The van der Waals surface area contributed by atoms with E-state index >= 15 is 0 Å². The molecule has 3 rings (SSSR count). The van der Waals surface area contributed by atoms with E-state index in [1.807, 2.05) is 0 Å². The van der Waals surface area contributed by atoms with Crippen LogP contribution >= 0.6 is 11.6 Å². The Hall–Kier alpha value is -3.30. The summed E-state index contributed by atoms with van der Waals surface area (Å²) in [6.07, 6.45) is 0. The third-order valence-electron chi connectivity index (χ3n) is 4.03. The van der Waals surface area contributed by atoms with E-state index in [1.54, 1.807) is 24.3 Å². The molecule has 0 aliphatic carbocycles. The molecular weight excluding hydrogens is 447 g/mol. The van der Waals surface area contributed by atoms with Gasteiger partial charge in [-0.05, 0) is 54.6 Å². The summed E-state index contributed by atoms with van der Waals surface area (Å²) in [7, 11) is -2.33. The molecular formula is C21H18ClFN2O5S. The van der Waals surface area contributed by atoms with Crippen molar-refractivity contribution in [2.24, 2.45) is 0 Å². The van der Waals surface area contributed by atoms with Gasteiger partial charge in [-0.25, -0.2) is 12.8 Å². The predicted octanol–water partition coefficient (Wildman–Crippen LogP) is 4.31. The van der Waals surface area contributed by atoms with Crippen LogP contribution in [0, 0.1) is 5.82 Å². The van der Waals surface area contributed by atoms with Crippen LogP contribution in [0.3, 0.4) is 0 Å². The molecule has 0 saturated carbocycles. The number of anilines is 2.